The minimum Gasteiger partial charge on any atom is -0.459 e. The maximum absolute atomic E-state index is 13.0. The predicted molar refractivity (Wildman–Crippen MR) is 106 cm³/mol. The molecule has 1 aromatic rings. The van der Waals surface area contributed by atoms with Crippen LogP contribution in [0.2, 0.25) is 0 Å². The summed E-state index contributed by atoms with van der Waals surface area (Å²) in [6.45, 7) is 13.7. The summed E-state index contributed by atoms with van der Waals surface area (Å²) in [6, 6.07) is 0.117. The molecule has 0 aromatic carbocycles. The molecule has 156 valence electrons. The summed E-state index contributed by atoms with van der Waals surface area (Å²) >= 11 is 0. The Morgan fingerprint density at radius 2 is 1.68 bits per heavy atom. The van der Waals surface area contributed by atoms with E-state index in [4.69, 9.17) is 4.74 Å². The monoisotopic (exact) mass is 392 g/mol. The molecule has 0 spiro atoms. The maximum Gasteiger partial charge on any atom is 0.340 e. The number of piperazine rings is 1. The summed E-state index contributed by atoms with van der Waals surface area (Å²) in [5.74, 6) is -0.546. The minimum absolute atomic E-state index is 0.001000. The minimum atomic E-state index is -0.415. The molecular weight excluding hydrogens is 360 g/mol. The fraction of sp³-hybridized carbons (Fsp3) is 0.650. The fourth-order valence-electron chi connectivity index (χ4n) is 3.38. The first-order chi connectivity index (χ1) is 13.1. The number of esters is 1. The van der Waals surface area contributed by atoms with Crippen molar-refractivity contribution in [2.45, 2.75) is 53.7 Å². The molecule has 2 rings (SSSR count). The quantitative estimate of drug-likeness (QED) is 0.715. The third-order valence-electron chi connectivity index (χ3n) is 4.67. The third-order valence-corrected chi connectivity index (χ3v) is 4.67. The second kappa shape index (κ2) is 9.23. The van der Waals surface area contributed by atoms with Gasteiger partial charge < -0.3 is 19.9 Å². The van der Waals surface area contributed by atoms with Crippen molar-refractivity contribution in [3.05, 3.63) is 22.5 Å². The number of ether oxygens (including phenoxy) is 1. The molecule has 0 bridgehead atoms. The van der Waals surface area contributed by atoms with E-state index in [-0.39, 0.29) is 24.0 Å². The number of aryl methyl sites for hydroxylation is 1. The van der Waals surface area contributed by atoms with Crippen LogP contribution in [0.3, 0.4) is 0 Å². The van der Waals surface area contributed by atoms with Crippen molar-refractivity contribution in [3.8, 4) is 0 Å². The largest absolute Gasteiger partial charge is 0.459 e. The lowest BCUT2D eigenvalue weighted by Crippen LogP contribution is -2.51. The molecule has 8 heteroatoms. The van der Waals surface area contributed by atoms with E-state index in [9.17, 15) is 14.4 Å². The number of carbonyl (C=O) groups excluding carboxylic acids is 3. The molecule has 0 radical (unpaired) electrons. The van der Waals surface area contributed by atoms with E-state index in [0.717, 1.165) is 0 Å². The van der Waals surface area contributed by atoms with Crippen LogP contribution >= 0.6 is 0 Å². The number of hydrogen-bond acceptors (Lipinski definition) is 5. The zero-order valence-electron chi connectivity index (χ0n) is 17.7. The molecule has 1 saturated heterocycles. The Balaban J connectivity index is 2.00. The Kier molecular flexibility index (Phi) is 7.23. The van der Waals surface area contributed by atoms with Gasteiger partial charge in [-0.15, -0.1) is 0 Å². The first-order valence-corrected chi connectivity index (χ1v) is 9.81. The fourth-order valence-corrected chi connectivity index (χ4v) is 3.38. The van der Waals surface area contributed by atoms with Gasteiger partial charge in [0.05, 0.1) is 18.2 Å². The summed E-state index contributed by atoms with van der Waals surface area (Å²) in [5, 5.41) is 2.88. The van der Waals surface area contributed by atoms with Gasteiger partial charge in [-0.1, -0.05) is 0 Å². The van der Waals surface area contributed by atoms with E-state index >= 15 is 0 Å². The van der Waals surface area contributed by atoms with E-state index < -0.39 is 5.97 Å². The number of aromatic amines is 1. The molecule has 1 aliphatic heterocycles. The molecule has 0 unspecified atom stereocenters. The molecule has 0 saturated carbocycles. The van der Waals surface area contributed by atoms with E-state index in [2.05, 4.69) is 10.3 Å². The highest BCUT2D eigenvalue weighted by Crippen LogP contribution is 2.21. The Labute approximate surface area is 166 Å². The predicted octanol–water partition coefficient (Wildman–Crippen LogP) is 1.48. The summed E-state index contributed by atoms with van der Waals surface area (Å²) in [5.41, 5.74) is 2.11. The van der Waals surface area contributed by atoms with Crippen molar-refractivity contribution in [2.75, 3.05) is 32.7 Å². The zero-order valence-corrected chi connectivity index (χ0v) is 17.7. The number of aromatic nitrogens is 1. The van der Waals surface area contributed by atoms with Gasteiger partial charge in [0.1, 0.15) is 5.69 Å². The van der Waals surface area contributed by atoms with Gasteiger partial charge in [0, 0.05) is 37.9 Å². The average Bonchev–Trinajstić information content (AvgIpc) is 2.88. The summed E-state index contributed by atoms with van der Waals surface area (Å²) in [6.07, 6.45) is -0.221. The van der Waals surface area contributed by atoms with Gasteiger partial charge >= 0.3 is 5.97 Å². The van der Waals surface area contributed by atoms with Crippen molar-refractivity contribution in [1.29, 1.82) is 0 Å². The van der Waals surface area contributed by atoms with Crippen molar-refractivity contribution >= 4 is 17.8 Å². The number of nitrogens with one attached hydrogen (secondary N) is 2. The third kappa shape index (κ3) is 5.34. The van der Waals surface area contributed by atoms with Crippen molar-refractivity contribution in [2.24, 2.45) is 0 Å². The maximum atomic E-state index is 13.0. The van der Waals surface area contributed by atoms with E-state index in [1.165, 1.54) is 0 Å². The Bertz CT molecular complexity index is 731. The molecule has 1 fully saturated rings. The van der Waals surface area contributed by atoms with Crippen LogP contribution in [0.4, 0.5) is 0 Å². The second-order valence-electron chi connectivity index (χ2n) is 7.87. The number of carbonyl (C=O) groups is 3. The average molecular weight is 393 g/mol. The summed E-state index contributed by atoms with van der Waals surface area (Å²) in [4.78, 5) is 44.0. The van der Waals surface area contributed by atoms with Crippen molar-refractivity contribution in [3.63, 3.8) is 0 Å². The SMILES string of the molecule is Cc1[nH]c(C(=O)N2CCN(CC(=O)NC(C)C)CC2)c(C)c1C(=O)OC(C)C. The lowest BCUT2D eigenvalue weighted by molar-refractivity contribution is -0.123. The highest BCUT2D eigenvalue weighted by atomic mass is 16.5. The summed E-state index contributed by atoms with van der Waals surface area (Å²) in [7, 11) is 0. The highest BCUT2D eigenvalue weighted by molar-refractivity contribution is 6.00. The Morgan fingerprint density at radius 1 is 1.07 bits per heavy atom. The Hall–Kier alpha value is -2.35. The second-order valence-corrected chi connectivity index (χ2v) is 7.87. The van der Waals surface area contributed by atoms with Gasteiger partial charge in [0.25, 0.3) is 5.91 Å². The standard InChI is InChI=1S/C20H32N4O4/c1-12(2)21-16(25)11-23-7-9-24(10-8-23)19(26)18-14(5)17(15(6)22-18)20(27)28-13(3)4/h12-13,22H,7-11H2,1-6H3,(H,21,25). The van der Waals surface area contributed by atoms with Crippen molar-refractivity contribution < 1.29 is 19.1 Å². The molecular formula is C20H32N4O4. The lowest BCUT2D eigenvalue weighted by Gasteiger charge is -2.34. The van der Waals surface area contributed by atoms with Crippen LogP contribution in [-0.4, -0.2) is 77.4 Å². The Morgan fingerprint density at radius 3 is 2.21 bits per heavy atom. The van der Waals surface area contributed by atoms with Crippen LogP contribution < -0.4 is 5.32 Å². The van der Waals surface area contributed by atoms with Gasteiger partial charge in [-0.05, 0) is 47.1 Å². The van der Waals surface area contributed by atoms with Crippen LogP contribution in [0.25, 0.3) is 0 Å². The molecule has 1 aliphatic rings. The number of H-pyrrole nitrogens is 1. The molecule has 0 aliphatic carbocycles. The van der Waals surface area contributed by atoms with Gasteiger partial charge in [0.15, 0.2) is 0 Å². The van der Waals surface area contributed by atoms with Crippen LogP contribution in [0.5, 0.6) is 0 Å². The van der Waals surface area contributed by atoms with Crippen LogP contribution in [0, 0.1) is 13.8 Å². The summed E-state index contributed by atoms with van der Waals surface area (Å²) < 4.78 is 5.29. The first kappa shape index (κ1) is 21.9. The smallest absolute Gasteiger partial charge is 0.340 e. The highest BCUT2D eigenvalue weighted by Gasteiger charge is 2.28. The van der Waals surface area contributed by atoms with Crippen LogP contribution in [-0.2, 0) is 9.53 Å². The molecule has 2 N–H and O–H groups in total. The zero-order chi connectivity index (χ0) is 21.0. The topological polar surface area (TPSA) is 94.7 Å². The molecule has 1 aromatic heterocycles. The molecule has 0 atom stereocenters. The molecule has 2 heterocycles. The first-order valence-electron chi connectivity index (χ1n) is 9.81. The number of rotatable bonds is 6. The van der Waals surface area contributed by atoms with Crippen LogP contribution in [0.15, 0.2) is 0 Å². The van der Waals surface area contributed by atoms with Crippen LogP contribution in [0.1, 0.15) is 59.8 Å². The molecule has 28 heavy (non-hydrogen) atoms. The van der Waals surface area contributed by atoms with E-state index in [0.29, 0.717) is 55.2 Å². The van der Waals surface area contributed by atoms with Gasteiger partial charge in [-0.3, -0.25) is 14.5 Å². The van der Waals surface area contributed by atoms with Gasteiger partial charge in [-0.25, -0.2) is 4.79 Å². The van der Waals surface area contributed by atoms with Gasteiger partial charge in [-0.2, -0.15) is 0 Å². The number of hydrogen-bond donors (Lipinski definition) is 2. The molecule has 8 nitrogen and oxygen atoms in total. The lowest BCUT2D eigenvalue weighted by atomic mass is 10.1. The van der Waals surface area contributed by atoms with E-state index in [1.54, 1.807) is 32.6 Å². The number of nitrogens with zero attached hydrogens (tertiary/aromatic N) is 2. The van der Waals surface area contributed by atoms with Crippen molar-refractivity contribution in [1.82, 2.24) is 20.1 Å². The molecule has 2 amide bonds. The number of amides is 2. The normalized spacial score (nSPS) is 15.2. The van der Waals surface area contributed by atoms with Gasteiger partial charge in [0.2, 0.25) is 5.91 Å². The van der Waals surface area contributed by atoms with E-state index in [1.807, 2.05) is 18.7 Å².